The molecule has 0 aliphatic carbocycles. The van der Waals surface area contributed by atoms with Crippen LogP contribution in [0, 0.1) is 0 Å². The van der Waals surface area contributed by atoms with Crippen LogP contribution in [0.3, 0.4) is 0 Å². The highest BCUT2D eigenvalue weighted by atomic mass is 79.9. The topological polar surface area (TPSA) is 47.3 Å². The van der Waals surface area contributed by atoms with Crippen LogP contribution in [0.4, 0.5) is 0 Å². The lowest BCUT2D eigenvalue weighted by Crippen LogP contribution is -1.89. The molecular weight excluding hydrogens is 222 g/mol. The molecule has 0 aliphatic rings. The molecule has 2 aromatic heterocycles. The average Bonchev–Trinajstić information content (AvgIpc) is 2.46. The van der Waals surface area contributed by atoms with E-state index in [0.717, 1.165) is 10.8 Å². The highest BCUT2D eigenvalue weighted by molar-refractivity contribution is 9.10. The highest BCUT2D eigenvalue weighted by Gasteiger charge is 2.02. The molecule has 0 amide bonds. The fourth-order valence-electron chi connectivity index (χ4n) is 0.953. The first-order valence-electron chi connectivity index (χ1n) is 3.25. The predicted molar refractivity (Wildman–Crippen MR) is 46.1 cm³/mol. The zero-order chi connectivity index (χ0) is 8.55. The highest BCUT2D eigenvalue weighted by Crippen LogP contribution is 2.10. The van der Waals surface area contributed by atoms with Crippen LogP contribution >= 0.6 is 15.9 Å². The number of aldehydes is 1. The molecule has 2 aromatic rings. The Morgan fingerprint density at radius 3 is 3.08 bits per heavy atom. The number of rotatable bonds is 1. The summed E-state index contributed by atoms with van der Waals surface area (Å²) in [6.45, 7) is 0. The lowest BCUT2D eigenvalue weighted by molar-refractivity contribution is 0.112. The van der Waals surface area contributed by atoms with Gasteiger partial charge in [-0.3, -0.25) is 4.79 Å². The third-order valence-corrected chi connectivity index (χ3v) is 1.89. The summed E-state index contributed by atoms with van der Waals surface area (Å²) >= 11 is 3.25. The zero-order valence-corrected chi connectivity index (χ0v) is 7.52. The Balaban J connectivity index is 2.81. The van der Waals surface area contributed by atoms with E-state index in [9.17, 15) is 4.79 Å². The van der Waals surface area contributed by atoms with Crippen molar-refractivity contribution in [2.24, 2.45) is 0 Å². The smallest absolute Gasteiger partial charge is 0.165 e. The summed E-state index contributed by atoms with van der Waals surface area (Å²) in [4.78, 5) is 14.5. The molecule has 5 heteroatoms. The molecule has 2 rings (SSSR count). The molecule has 0 N–H and O–H groups in total. The van der Waals surface area contributed by atoms with Gasteiger partial charge in [-0.25, -0.2) is 9.50 Å². The molecule has 0 aromatic carbocycles. The molecule has 0 unspecified atom stereocenters. The predicted octanol–water partition coefficient (Wildman–Crippen LogP) is 1.30. The van der Waals surface area contributed by atoms with Gasteiger partial charge in [0.1, 0.15) is 0 Å². The van der Waals surface area contributed by atoms with Crippen molar-refractivity contribution in [1.82, 2.24) is 14.6 Å². The maximum absolute atomic E-state index is 10.5. The van der Waals surface area contributed by atoms with Crippen molar-refractivity contribution >= 4 is 27.9 Å². The molecule has 0 fully saturated rings. The second-order valence-electron chi connectivity index (χ2n) is 2.26. The van der Waals surface area contributed by atoms with Gasteiger partial charge in [0, 0.05) is 12.4 Å². The van der Waals surface area contributed by atoms with E-state index in [0.29, 0.717) is 11.2 Å². The Bertz CT molecular complexity index is 437. The third-order valence-electron chi connectivity index (χ3n) is 1.48. The second kappa shape index (κ2) is 2.67. The van der Waals surface area contributed by atoms with Crippen LogP contribution in [0.2, 0.25) is 0 Å². The van der Waals surface area contributed by atoms with E-state index in [1.807, 2.05) is 0 Å². The first-order chi connectivity index (χ1) is 5.81. The van der Waals surface area contributed by atoms with Crippen molar-refractivity contribution in [3.05, 3.63) is 28.6 Å². The first kappa shape index (κ1) is 7.42. The van der Waals surface area contributed by atoms with E-state index in [1.54, 1.807) is 16.9 Å². The minimum Gasteiger partial charge on any atom is -0.298 e. The fourth-order valence-corrected chi connectivity index (χ4v) is 1.25. The van der Waals surface area contributed by atoms with Crippen molar-refractivity contribution in [2.45, 2.75) is 0 Å². The number of hydrogen-bond donors (Lipinski definition) is 0. The Hall–Kier alpha value is -1.23. The van der Waals surface area contributed by atoms with E-state index < -0.39 is 0 Å². The van der Waals surface area contributed by atoms with Crippen LogP contribution in [0.5, 0.6) is 0 Å². The third kappa shape index (κ3) is 1.02. The van der Waals surface area contributed by atoms with Gasteiger partial charge in [-0.15, -0.1) is 0 Å². The summed E-state index contributed by atoms with van der Waals surface area (Å²) in [5.41, 5.74) is 1.08. The molecule has 0 bridgehead atoms. The summed E-state index contributed by atoms with van der Waals surface area (Å²) in [7, 11) is 0. The maximum Gasteiger partial charge on any atom is 0.165 e. The van der Waals surface area contributed by atoms with Crippen LogP contribution in [0.15, 0.2) is 23.1 Å². The average molecular weight is 226 g/mol. The summed E-state index contributed by atoms with van der Waals surface area (Å²) in [6, 6.07) is 0. The van der Waals surface area contributed by atoms with E-state index >= 15 is 0 Å². The van der Waals surface area contributed by atoms with Crippen LogP contribution in [-0.2, 0) is 0 Å². The minimum absolute atomic E-state index is 0.502. The number of carbonyl (C=O) groups is 1. The lowest BCUT2D eigenvalue weighted by Gasteiger charge is -1.92. The first-order valence-corrected chi connectivity index (χ1v) is 4.04. The van der Waals surface area contributed by atoms with Crippen LogP contribution in [-0.4, -0.2) is 20.9 Å². The van der Waals surface area contributed by atoms with E-state index in [2.05, 4.69) is 26.0 Å². The number of halogens is 1. The number of fused-ring (bicyclic) bond motifs is 1. The van der Waals surface area contributed by atoms with Gasteiger partial charge in [-0.05, 0) is 15.9 Å². The van der Waals surface area contributed by atoms with Gasteiger partial charge in [0.15, 0.2) is 11.9 Å². The van der Waals surface area contributed by atoms with Gasteiger partial charge in [-0.2, -0.15) is 5.10 Å². The number of aromatic nitrogens is 3. The quantitative estimate of drug-likeness (QED) is 0.688. The molecule has 0 atom stereocenters. The van der Waals surface area contributed by atoms with Gasteiger partial charge >= 0.3 is 0 Å². The van der Waals surface area contributed by atoms with Crippen LogP contribution in [0.25, 0.3) is 5.65 Å². The SMILES string of the molecule is O=Cc1cnn2cc(Br)cnc12. The van der Waals surface area contributed by atoms with Crippen molar-refractivity contribution in [2.75, 3.05) is 0 Å². The maximum atomic E-state index is 10.5. The number of nitrogens with zero attached hydrogens (tertiary/aromatic N) is 3. The van der Waals surface area contributed by atoms with Crippen molar-refractivity contribution in [1.29, 1.82) is 0 Å². The molecule has 60 valence electrons. The van der Waals surface area contributed by atoms with E-state index in [4.69, 9.17) is 0 Å². The summed E-state index contributed by atoms with van der Waals surface area (Å²) in [6.07, 6.45) is 5.60. The zero-order valence-electron chi connectivity index (χ0n) is 5.94. The molecule has 0 radical (unpaired) electrons. The fraction of sp³-hybridized carbons (Fsp3) is 0. The monoisotopic (exact) mass is 225 g/mol. The standard InChI is InChI=1S/C7H4BrN3O/c8-6-2-9-7-5(4-12)1-10-11(7)3-6/h1-4H. The second-order valence-corrected chi connectivity index (χ2v) is 3.17. The Kier molecular flexibility index (Phi) is 1.65. The number of hydrogen-bond acceptors (Lipinski definition) is 3. The molecule has 4 nitrogen and oxygen atoms in total. The molecule has 0 saturated heterocycles. The largest absolute Gasteiger partial charge is 0.298 e. The lowest BCUT2D eigenvalue weighted by atomic mass is 10.4. The molecule has 0 spiro atoms. The van der Waals surface area contributed by atoms with Crippen molar-refractivity contribution in [3.8, 4) is 0 Å². The minimum atomic E-state index is 0.502. The van der Waals surface area contributed by atoms with Gasteiger partial charge in [0.25, 0.3) is 0 Å². The van der Waals surface area contributed by atoms with Gasteiger partial charge < -0.3 is 0 Å². The summed E-state index contributed by atoms with van der Waals surface area (Å²) in [5, 5.41) is 3.94. The van der Waals surface area contributed by atoms with Crippen molar-refractivity contribution in [3.63, 3.8) is 0 Å². The Morgan fingerprint density at radius 1 is 1.50 bits per heavy atom. The van der Waals surface area contributed by atoms with E-state index in [-0.39, 0.29) is 0 Å². The Morgan fingerprint density at radius 2 is 2.33 bits per heavy atom. The van der Waals surface area contributed by atoms with E-state index in [1.165, 1.54) is 6.20 Å². The Labute approximate surface area is 76.4 Å². The van der Waals surface area contributed by atoms with Crippen LogP contribution in [0.1, 0.15) is 10.4 Å². The molecule has 0 aliphatic heterocycles. The molecular formula is C7H4BrN3O. The van der Waals surface area contributed by atoms with Crippen LogP contribution < -0.4 is 0 Å². The van der Waals surface area contributed by atoms with Gasteiger partial charge in [0.2, 0.25) is 0 Å². The number of carbonyl (C=O) groups excluding carboxylic acids is 1. The molecule has 0 saturated carbocycles. The normalized spacial score (nSPS) is 10.4. The van der Waals surface area contributed by atoms with Gasteiger partial charge in [0.05, 0.1) is 16.2 Å². The van der Waals surface area contributed by atoms with Crippen molar-refractivity contribution < 1.29 is 4.79 Å². The molecule has 2 heterocycles. The summed E-state index contributed by atoms with van der Waals surface area (Å²) < 4.78 is 2.38. The van der Waals surface area contributed by atoms with Gasteiger partial charge in [-0.1, -0.05) is 0 Å². The molecule has 12 heavy (non-hydrogen) atoms. The summed E-state index contributed by atoms with van der Waals surface area (Å²) in [5.74, 6) is 0.